The molecule has 1 fully saturated rings. The molecule has 1 saturated heterocycles. The molecule has 0 atom stereocenters. The lowest BCUT2D eigenvalue weighted by Crippen LogP contribution is -2.35. The van der Waals surface area contributed by atoms with Crippen molar-refractivity contribution < 1.29 is 18.4 Å². The quantitative estimate of drug-likeness (QED) is 0.319. The van der Waals surface area contributed by atoms with Crippen LogP contribution >= 0.6 is 0 Å². The number of H-pyrrole nitrogens is 2. The Bertz CT molecular complexity index is 1560. The van der Waals surface area contributed by atoms with Gasteiger partial charge in [-0.3, -0.25) is 14.8 Å². The zero-order chi connectivity index (χ0) is 25.4. The second-order valence-corrected chi connectivity index (χ2v) is 8.90. The van der Waals surface area contributed by atoms with Gasteiger partial charge < -0.3 is 19.6 Å². The van der Waals surface area contributed by atoms with E-state index in [2.05, 4.69) is 42.7 Å². The first-order valence-corrected chi connectivity index (χ1v) is 11.9. The highest BCUT2D eigenvalue weighted by atomic mass is 19.1. The van der Waals surface area contributed by atoms with Crippen LogP contribution in [0.3, 0.4) is 0 Å². The van der Waals surface area contributed by atoms with Crippen molar-refractivity contribution in [1.82, 2.24) is 30.2 Å². The fourth-order valence-electron chi connectivity index (χ4n) is 4.47. The summed E-state index contributed by atoms with van der Waals surface area (Å²) in [6, 6.07) is 11.9. The second-order valence-electron chi connectivity index (χ2n) is 8.90. The first-order chi connectivity index (χ1) is 18.0. The number of fused-ring (bicyclic) bond motifs is 1. The van der Waals surface area contributed by atoms with Crippen molar-refractivity contribution in [3.8, 4) is 22.8 Å². The minimum Gasteiger partial charge on any atom is -0.379 e. The van der Waals surface area contributed by atoms with E-state index in [0.29, 0.717) is 34.2 Å². The molecule has 4 heterocycles. The molecular formula is C26H24FN7O3. The number of amides is 1. The van der Waals surface area contributed by atoms with E-state index in [1.54, 1.807) is 25.3 Å². The highest BCUT2D eigenvalue weighted by Crippen LogP contribution is 2.29. The topological polar surface area (TPSA) is 125 Å². The second kappa shape index (κ2) is 9.60. The van der Waals surface area contributed by atoms with Gasteiger partial charge in [0.25, 0.3) is 5.91 Å². The average molecular weight is 502 g/mol. The van der Waals surface area contributed by atoms with Crippen molar-refractivity contribution in [2.75, 3.05) is 31.6 Å². The van der Waals surface area contributed by atoms with Crippen molar-refractivity contribution in [3.63, 3.8) is 0 Å². The van der Waals surface area contributed by atoms with E-state index in [0.717, 1.165) is 43.9 Å². The van der Waals surface area contributed by atoms with Crippen molar-refractivity contribution in [3.05, 3.63) is 71.4 Å². The molecule has 2 aromatic carbocycles. The van der Waals surface area contributed by atoms with Crippen LogP contribution in [0, 0.1) is 12.7 Å². The largest absolute Gasteiger partial charge is 0.379 e. The number of aromatic amines is 2. The molecule has 6 rings (SSSR count). The average Bonchev–Trinajstić information content (AvgIpc) is 3.63. The summed E-state index contributed by atoms with van der Waals surface area (Å²) >= 11 is 0. The normalized spacial score (nSPS) is 14.3. The van der Waals surface area contributed by atoms with E-state index in [4.69, 9.17) is 14.2 Å². The number of hydrogen-bond acceptors (Lipinski definition) is 7. The van der Waals surface area contributed by atoms with Gasteiger partial charge in [-0.05, 0) is 48.9 Å². The zero-order valence-corrected chi connectivity index (χ0v) is 20.0. The number of imidazole rings is 1. The Kier molecular flexibility index (Phi) is 5.99. The predicted octanol–water partition coefficient (Wildman–Crippen LogP) is 4.14. The SMILES string of the molecule is Cc1onc(-c2ccc(F)cc2)c1C(=O)Nc1c[nH]nc1-c1nc2cc(CN3CCOCC3)ccc2[nH]1. The molecule has 10 nitrogen and oxygen atoms in total. The van der Waals surface area contributed by atoms with Gasteiger partial charge in [0.2, 0.25) is 0 Å². The summed E-state index contributed by atoms with van der Waals surface area (Å²) in [5.41, 5.74) is 4.93. The van der Waals surface area contributed by atoms with Gasteiger partial charge >= 0.3 is 0 Å². The summed E-state index contributed by atoms with van der Waals surface area (Å²) in [4.78, 5) is 23.6. The van der Waals surface area contributed by atoms with Crippen LogP contribution in [0.1, 0.15) is 21.7 Å². The summed E-state index contributed by atoms with van der Waals surface area (Å²) in [7, 11) is 0. The van der Waals surface area contributed by atoms with E-state index in [1.165, 1.54) is 17.7 Å². The number of rotatable bonds is 6. The van der Waals surface area contributed by atoms with Crippen LogP contribution in [0.25, 0.3) is 33.8 Å². The van der Waals surface area contributed by atoms with Crippen LogP contribution in [-0.2, 0) is 11.3 Å². The van der Waals surface area contributed by atoms with Gasteiger partial charge in [0, 0.05) is 31.4 Å². The number of aryl methyl sites for hydroxylation is 1. The number of nitrogens with zero attached hydrogens (tertiary/aromatic N) is 4. The summed E-state index contributed by atoms with van der Waals surface area (Å²) in [6.07, 6.45) is 1.59. The molecule has 3 aromatic heterocycles. The van der Waals surface area contributed by atoms with Crippen LogP contribution in [0.4, 0.5) is 10.1 Å². The number of nitrogens with one attached hydrogen (secondary N) is 3. The van der Waals surface area contributed by atoms with Gasteiger partial charge in [0.05, 0.1) is 29.9 Å². The van der Waals surface area contributed by atoms with Gasteiger partial charge in [-0.15, -0.1) is 0 Å². The third-order valence-electron chi connectivity index (χ3n) is 6.38. The van der Waals surface area contributed by atoms with Gasteiger partial charge in [-0.25, -0.2) is 9.37 Å². The number of carbonyl (C=O) groups excluding carboxylic acids is 1. The molecule has 1 amide bonds. The van der Waals surface area contributed by atoms with Gasteiger partial charge in [-0.1, -0.05) is 11.2 Å². The molecule has 1 aliphatic rings. The number of halogens is 1. The number of anilines is 1. The Morgan fingerprint density at radius 2 is 1.95 bits per heavy atom. The van der Waals surface area contributed by atoms with Crippen molar-refractivity contribution >= 4 is 22.6 Å². The van der Waals surface area contributed by atoms with Crippen LogP contribution in [0.2, 0.25) is 0 Å². The predicted molar refractivity (Wildman–Crippen MR) is 134 cm³/mol. The molecule has 3 N–H and O–H groups in total. The molecule has 188 valence electrons. The molecule has 11 heteroatoms. The van der Waals surface area contributed by atoms with E-state index < -0.39 is 5.91 Å². The fourth-order valence-corrected chi connectivity index (χ4v) is 4.47. The first kappa shape index (κ1) is 23.1. The maximum atomic E-state index is 13.4. The molecular weight excluding hydrogens is 477 g/mol. The Morgan fingerprint density at radius 3 is 2.76 bits per heavy atom. The number of benzene rings is 2. The lowest BCUT2D eigenvalue weighted by molar-refractivity contribution is 0.0342. The highest BCUT2D eigenvalue weighted by molar-refractivity contribution is 6.09. The van der Waals surface area contributed by atoms with Crippen LogP contribution in [0.15, 0.2) is 53.2 Å². The molecule has 0 aliphatic carbocycles. The number of aromatic nitrogens is 5. The Balaban J connectivity index is 1.25. The minimum absolute atomic E-state index is 0.260. The highest BCUT2D eigenvalue weighted by Gasteiger charge is 2.24. The Hall–Kier alpha value is -4.35. The van der Waals surface area contributed by atoms with Crippen molar-refractivity contribution in [2.45, 2.75) is 13.5 Å². The van der Waals surface area contributed by atoms with E-state index in [9.17, 15) is 9.18 Å². The molecule has 0 bridgehead atoms. The molecule has 0 unspecified atom stereocenters. The minimum atomic E-state index is -0.426. The van der Waals surface area contributed by atoms with Crippen LogP contribution < -0.4 is 5.32 Å². The van der Waals surface area contributed by atoms with Gasteiger partial charge in [0.15, 0.2) is 11.5 Å². The zero-order valence-electron chi connectivity index (χ0n) is 20.0. The fraction of sp³-hybridized carbons (Fsp3) is 0.231. The third kappa shape index (κ3) is 4.61. The maximum absolute atomic E-state index is 13.4. The lowest BCUT2D eigenvalue weighted by atomic mass is 10.1. The van der Waals surface area contributed by atoms with Crippen LogP contribution in [0.5, 0.6) is 0 Å². The molecule has 5 aromatic rings. The van der Waals surface area contributed by atoms with Crippen molar-refractivity contribution in [1.29, 1.82) is 0 Å². The number of morpholine rings is 1. The number of hydrogen-bond donors (Lipinski definition) is 3. The van der Waals surface area contributed by atoms with Gasteiger partial charge in [-0.2, -0.15) is 5.10 Å². The molecule has 1 aliphatic heterocycles. The van der Waals surface area contributed by atoms with Crippen LogP contribution in [-0.4, -0.2) is 62.4 Å². The maximum Gasteiger partial charge on any atom is 0.261 e. The summed E-state index contributed by atoms with van der Waals surface area (Å²) in [6.45, 7) is 5.81. The lowest BCUT2D eigenvalue weighted by Gasteiger charge is -2.26. The molecule has 37 heavy (non-hydrogen) atoms. The Labute approximate surface area is 210 Å². The molecule has 0 radical (unpaired) electrons. The third-order valence-corrected chi connectivity index (χ3v) is 6.38. The van der Waals surface area contributed by atoms with E-state index in [-0.39, 0.29) is 11.4 Å². The molecule has 0 spiro atoms. The first-order valence-electron chi connectivity index (χ1n) is 11.9. The summed E-state index contributed by atoms with van der Waals surface area (Å²) < 4.78 is 24.1. The van der Waals surface area contributed by atoms with Gasteiger partial charge in [0.1, 0.15) is 22.8 Å². The van der Waals surface area contributed by atoms with E-state index in [1.807, 2.05) is 6.07 Å². The van der Waals surface area contributed by atoms with E-state index >= 15 is 0 Å². The number of ether oxygens (including phenoxy) is 1. The van der Waals surface area contributed by atoms with Crippen molar-refractivity contribution in [2.24, 2.45) is 0 Å². The number of carbonyl (C=O) groups is 1. The Morgan fingerprint density at radius 1 is 1.14 bits per heavy atom. The monoisotopic (exact) mass is 501 g/mol. The summed E-state index contributed by atoms with van der Waals surface area (Å²) in [5.74, 6) is 0.0657. The summed E-state index contributed by atoms with van der Waals surface area (Å²) in [5, 5.41) is 14.0. The molecule has 0 saturated carbocycles. The standard InChI is InChI=1S/C26H24FN7O3/c1-15-22(23(33-37-15)17-3-5-18(27)6-4-17)26(35)31-21-13-28-32-24(21)25-29-19-7-2-16(12-20(19)30-25)14-34-8-10-36-11-9-34/h2-7,12-13H,8-11,14H2,1H3,(H,28,32)(H,29,30)(H,31,35). The smallest absolute Gasteiger partial charge is 0.261 e.